The van der Waals surface area contributed by atoms with Crippen LogP contribution in [0, 0.1) is 0 Å². The number of nitrogens with one attached hydrogen (secondary N) is 1. The first kappa shape index (κ1) is 32.2. The lowest BCUT2D eigenvalue weighted by Crippen LogP contribution is -2.57. The maximum Gasteiger partial charge on any atom is 0.339 e. The van der Waals surface area contributed by atoms with Crippen LogP contribution in [-0.4, -0.2) is 87.9 Å². The van der Waals surface area contributed by atoms with Gasteiger partial charge in [-0.25, -0.2) is 4.79 Å². The van der Waals surface area contributed by atoms with Crippen LogP contribution in [0.3, 0.4) is 0 Å². The van der Waals surface area contributed by atoms with Crippen LogP contribution in [0.25, 0.3) is 0 Å². The molecule has 0 aliphatic carbocycles. The van der Waals surface area contributed by atoms with Crippen LogP contribution in [0.1, 0.15) is 59.3 Å². The molecule has 0 radical (unpaired) electrons. The average molecular weight is 610 g/mol. The highest BCUT2D eigenvalue weighted by atomic mass is 32.2. The van der Waals surface area contributed by atoms with Crippen molar-refractivity contribution < 1.29 is 43.2 Å². The number of ether oxygens (including phenoxy) is 4. The van der Waals surface area contributed by atoms with Crippen molar-refractivity contribution in [2.45, 2.75) is 95.5 Å². The minimum Gasteiger partial charge on any atom is -0.489 e. The number of carbonyl (C=O) groups excluding carboxylic acids is 1. The van der Waals surface area contributed by atoms with Gasteiger partial charge < -0.3 is 43.7 Å². The van der Waals surface area contributed by atoms with Crippen LogP contribution in [0.2, 0.25) is 0 Å². The number of hydrogen-bond acceptors (Lipinski definition) is 13. The number of amides is 1. The number of thioether (sulfide) groups is 1. The maximum atomic E-state index is 13.5. The number of aliphatic hydroxyl groups is 2. The molecule has 3 aliphatic heterocycles. The zero-order valence-electron chi connectivity index (χ0n) is 24.4. The molecular formula is C28H39N3O10S. The number of aliphatic hydroxyl groups excluding tert-OH is 2. The standard InChI is InChI=1S/C28H39N3O10S/c1-7-9-17(18-11-16(36-10-8-2)12-20(33)37-18)29-26(35)28(6)14-42-24(30-28)15(3)31-41-25-23-22(39-27(4,5)40-23)21(34)19(13-32)38-25/h8,11-12,17,19,21-23,25,32,34H,2,7,9-10,13-14H2,1,3-6H3,(H,29,35)/b31-15+/t17-,19-,21-,22+,23+,25-,28+/m1/s1. The third-order valence-corrected chi connectivity index (χ3v) is 8.29. The fourth-order valence-corrected chi connectivity index (χ4v) is 5.94. The maximum absolute atomic E-state index is 13.5. The Balaban J connectivity index is 1.46. The molecule has 232 valence electrons. The van der Waals surface area contributed by atoms with Crippen molar-refractivity contribution >= 4 is 28.4 Å². The van der Waals surface area contributed by atoms with Gasteiger partial charge in [0, 0.05) is 11.8 Å². The molecule has 14 heteroatoms. The summed E-state index contributed by atoms with van der Waals surface area (Å²) in [6.45, 7) is 12.2. The van der Waals surface area contributed by atoms with E-state index in [1.54, 1.807) is 39.8 Å². The Hall–Kier alpha value is -2.75. The number of fused-ring (bicyclic) bond motifs is 1. The zero-order chi connectivity index (χ0) is 30.7. The van der Waals surface area contributed by atoms with Crippen molar-refractivity contribution in [1.29, 1.82) is 0 Å². The van der Waals surface area contributed by atoms with E-state index in [4.69, 9.17) is 28.2 Å². The molecule has 1 aromatic rings. The lowest BCUT2D eigenvalue weighted by Gasteiger charge is -2.37. The molecule has 1 aromatic heterocycles. The van der Waals surface area contributed by atoms with Crippen LogP contribution in [0.4, 0.5) is 0 Å². The second-order valence-corrected chi connectivity index (χ2v) is 11.9. The van der Waals surface area contributed by atoms with E-state index in [1.807, 2.05) is 6.92 Å². The Morgan fingerprint density at radius 2 is 2.07 bits per heavy atom. The van der Waals surface area contributed by atoms with Gasteiger partial charge in [-0.15, -0.1) is 11.8 Å². The molecule has 0 aromatic carbocycles. The predicted molar refractivity (Wildman–Crippen MR) is 155 cm³/mol. The van der Waals surface area contributed by atoms with Crippen LogP contribution in [0.15, 0.2) is 44.1 Å². The van der Waals surface area contributed by atoms with E-state index >= 15 is 0 Å². The summed E-state index contributed by atoms with van der Waals surface area (Å²) >= 11 is 1.35. The van der Waals surface area contributed by atoms with Gasteiger partial charge in [0.2, 0.25) is 5.91 Å². The number of nitrogens with zero attached hydrogens (tertiary/aromatic N) is 2. The summed E-state index contributed by atoms with van der Waals surface area (Å²) in [7, 11) is 0. The molecule has 0 spiro atoms. The first-order chi connectivity index (χ1) is 19.9. The molecule has 13 nitrogen and oxygen atoms in total. The third kappa shape index (κ3) is 7.24. The van der Waals surface area contributed by atoms with Crippen molar-refractivity contribution in [2.75, 3.05) is 19.0 Å². The first-order valence-corrected chi connectivity index (χ1v) is 14.8. The van der Waals surface area contributed by atoms with Crippen LogP contribution in [-0.2, 0) is 23.8 Å². The third-order valence-electron chi connectivity index (χ3n) is 6.93. The van der Waals surface area contributed by atoms with E-state index in [0.717, 1.165) is 6.42 Å². The summed E-state index contributed by atoms with van der Waals surface area (Å²) < 4.78 is 28.3. The zero-order valence-corrected chi connectivity index (χ0v) is 25.2. The van der Waals surface area contributed by atoms with E-state index in [9.17, 15) is 19.8 Å². The van der Waals surface area contributed by atoms with E-state index in [-0.39, 0.29) is 12.5 Å². The summed E-state index contributed by atoms with van der Waals surface area (Å²) in [5.41, 5.74) is -1.29. The van der Waals surface area contributed by atoms with Crippen molar-refractivity contribution in [3.05, 3.63) is 41.0 Å². The Bertz CT molecular complexity index is 1270. The average Bonchev–Trinajstić information content (AvgIpc) is 3.51. The first-order valence-electron chi connectivity index (χ1n) is 13.8. The second-order valence-electron chi connectivity index (χ2n) is 11.0. The van der Waals surface area contributed by atoms with Crippen LogP contribution < -0.4 is 15.7 Å². The lowest BCUT2D eigenvalue weighted by atomic mass is 9.99. The molecule has 4 heterocycles. The molecule has 0 bridgehead atoms. The minimum atomic E-state index is -1.12. The molecular weight excluding hydrogens is 570 g/mol. The second kappa shape index (κ2) is 13.3. The summed E-state index contributed by atoms with van der Waals surface area (Å²) in [5.74, 6) is -0.351. The number of oxime groups is 1. The number of carbonyl (C=O) groups is 1. The van der Waals surface area contributed by atoms with Crippen molar-refractivity contribution in [3.63, 3.8) is 0 Å². The minimum absolute atomic E-state index is 0.224. The number of rotatable bonds is 12. The largest absolute Gasteiger partial charge is 0.489 e. The fourth-order valence-electron chi connectivity index (χ4n) is 4.81. The van der Waals surface area contributed by atoms with Crippen molar-refractivity contribution in [2.24, 2.45) is 10.1 Å². The van der Waals surface area contributed by atoms with E-state index in [0.29, 0.717) is 34.4 Å². The Morgan fingerprint density at radius 1 is 1.33 bits per heavy atom. The molecule has 0 unspecified atom stereocenters. The van der Waals surface area contributed by atoms with Gasteiger partial charge >= 0.3 is 5.63 Å². The Labute approximate surface area is 248 Å². The molecule has 2 saturated heterocycles. The van der Waals surface area contributed by atoms with Gasteiger partial charge in [0.15, 0.2) is 11.9 Å². The van der Waals surface area contributed by atoms with E-state index < -0.39 is 60.3 Å². The van der Waals surface area contributed by atoms with Gasteiger partial charge in [-0.1, -0.05) is 31.2 Å². The lowest BCUT2D eigenvalue weighted by molar-refractivity contribution is -0.280. The predicted octanol–water partition coefficient (Wildman–Crippen LogP) is 2.06. The fraction of sp³-hybridized carbons (Fsp3) is 0.643. The summed E-state index contributed by atoms with van der Waals surface area (Å²) in [6.07, 6.45) is -1.83. The highest BCUT2D eigenvalue weighted by molar-refractivity contribution is 8.16. The molecule has 3 N–H and O–H groups in total. The molecule has 4 rings (SSSR count). The highest BCUT2D eigenvalue weighted by Crippen LogP contribution is 2.38. The molecule has 1 amide bonds. The van der Waals surface area contributed by atoms with Crippen molar-refractivity contribution in [3.8, 4) is 5.75 Å². The van der Waals surface area contributed by atoms with Crippen molar-refractivity contribution in [1.82, 2.24) is 5.32 Å². The number of hydrogen-bond donors (Lipinski definition) is 3. The van der Waals surface area contributed by atoms with Crippen LogP contribution in [0.5, 0.6) is 5.75 Å². The van der Waals surface area contributed by atoms with Gasteiger partial charge in [0.05, 0.1) is 18.7 Å². The van der Waals surface area contributed by atoms with E-state index in [2.05, 4.69) is 22.0 Å². The van der Waals surface area contributed by atoms with E-state index in [1.165, 1.54) is 17.8 Å². The number of aliphatic imine (C=N–C) groups is 1. The smallest absolute Gasteiger partial charge is 0.339 e. The Morgan fingerprint density at radius 3 is 2.76 bits per heavy atom. The van der Waals surface area contributed by atoms with Gasteiger partial charge in [-0.05, 0) is 34.1 Å². The van der Waals surface area contributed by atoms with Gasteiger partial charge in [-0.3, -0.25) is 9.79 Å². The summed E-state index contributed by atoms with van der Waals surface area (Å²) in [6, 6.07) is 2.27. The van der Waals surface area contributed by atoms with Gasteiger partial charge in [0.25, 0.3) is 6.29 Å². The molecule has 7 atom stereocenters. The molecule has 3 aliphatic rings. The summed E-state index contributed by atoms with van der Waals surface area (Å²) in [4.78, 5) is 35.9. The normalized spacial score (nSPS) is 31.2. The quantitative estimate of drug-likeness (QED) is 0.180. The molecule has 0 saturated carbocycles. The SMILES string of the molecule is C=CCOc1cc([C@@H](CCC)NC(=O)[C@]2(C)CSC(/C(C)=N/O[C@H]3O[C@H](CO)[C@@H](O)[C@@H]4OC(C)(C)O[C@H]34)=N2)oc(=O)c1. The monoisotopic (exact) mass is 609 g/mol. The van der Waals surface area contributed by atoms with Crippen LogP contribution >= 0.6 is 11.8 Å². The van der Waals surface area contributed by atoms with Gasteiger partial charge in [-0.2, -0.15) is 0 Å². The topological polar surface area (TPSA) is 171 Å². The summed E-state index contributed by atoms with van der Waals surface area (Å²) in [5, 5.41) is 27.8. The van der Waals surface area contributed by atoms with Gasteiger partial charge in [0.1, 0.15) is 52.7 Å². The molecule has 42 heavy (non-hydrogen) atoms. The molecule has 2 fully saturated rings. The highest BCUT2D eigenvalue weighted by Gasteiger charge is 2.56. The Kier molecular flexibility index (Phi) is 10.2.